The lowest BCUT2D eigenvalue weighted by atomic mass is 9.72. The summed E-state index contributed by atoms with van der Waals surface area (Å²) in [6.07, 6.45) is 7.58. The number of likely N-dealkylation sites (tertiary alicyclic amines) is 1. The van der Waals surface area contributed by atoms with E-state index in [1.807, 2.05) is 12.1 Å². The summed E-state index contributed by atoms with van der Waals surface area (Å²) >= 11 is 6.59. The highest BCUT2D eigenvalue weighted by atomic mass is 35.5. The van der Waals surface area contributed by atoms with Crippen LogP contribution in [0.1, 0.15) is 51.0 Å². The van der Waals surface area contributed by atoms with E-state index >= 15 is 0 Å². The molecule has 0 aromatic heterocycles. The Balaban J connectivity index is 1.78. The van der Waals surface area contributed by atoms with E-state index in [4.69, 9.17) is 11.6 Å². The minimum Gasteiger partial charge on any atom is -0.310 e. The molecule has 3 atom stereocenters. The van der Waals surface area contributed by atoms with E-state index in [0.29, 0.717) is 12.1 Å². The Morgan fingerprint density at radius 1 is 1.21 bits per heavy atom. The number of halogens is 1. The molecule has 1 aromatic carbocycles. The van der Waals surface area contributed by atoms with E-state index in [1.54, 1.807) is 0 Å². The van der Waals surface area contributed by atoms with E-state index < -0.39 is 0 Å². The number of nitrogens with one attached hydrogen (secondary N) is 2. The molecular formula is C20H32ClN3. The van der Waals surface area contributed by atoms with Crippen molar-refractivity contribution in [3.05, 3.63) is 34.9 Å². The molecule has 2 N–H and O–H groups in total. The number of hydrogen-bond donors (Lipinski definition) is 2. The van der Waals surface area contributed by atoms with Gasteiger partial charge in [-0.15, -0.1) is 0 Å². The zero-order valence-corrected chi connectivity index (χ0v) is 15.9. The van der Waals surface area contributed by atoms with Gasteiger partial charge >= 0.3 is 0 Å². The van der Waals surface area contributed by atoms with Crippen LogP contribution in [0.2, 0.25) is 5.02 Å². The predicted octanol–water partition coefficient (Wildman–Crippen LogP) is 3.77. The Labute approximate surface area is 152 Å². The van der Waals surface area contributed by atoms with Crippen LogP contribution in [0, 0.1) is 0 Å². The van der Waals surface area contributed by atoms with Gasteiger partial charge in [0.15, 0.2) is 0 Å². The number of nitrogens with zero attached hydrogens (tertiary/aromatic N) is 1. The van der Waals surface area contributed by atoms with Gasteiger partial charge in [-0.25, -0.2) is 0 Å². The van der Waals surface area contributed by atoms with Crippen LogP contribution in [0.4, 0.5) is 0 Å². The molecule has 1 aromatic rings. The van der Waals surface area contributed by atoms with Crippen LogP contribution >= 0.6 is 11.6 Å². The maximum atomic E-state index is 6.59. The summed E-state index contributed by atoms with van der Waals surface area (Å²) in [6, 6.07) is 9.50. The Morgan fingerprint density at radius 2 is 2.04 bits per heavy atom. The lowest BCUT2D eigenvalue weighted by Crippen LogP contribution is -2.59. The first-order valence-corrected chi connectivity index (χ1v) is 10.0. The molecule has 24 heavy (non-hydrogen) atoms. The first-order valence-electron chi connectivity index (χ1n) is 9.62. The maximum Gasteiger partial charge on any atom is 0.0602 e. The Kier molecular flexibility index (Phi) is 6.20. The highest BCUT2D eigenvalue weighted by Crippen LogP contribution is 2.40. The molecule has 0 amide bonds. The van der Waals surface area contributed by atoms with Crippen molar-refractivity contribution in [3.63, 3.8) is 0 Å². The number of rotatable bonds is 6. The van der Waals surface area contributed by atoms with E-state index in [0.717, 1.165) is 18.0 Å². The molecular weight excluding hydrogens is 318 g/mol. The summed E-state index contributed by atoms with van der Waals surface area (Å²) in [5.41, 5.74) is 1.21. The molecule has 1 saturated heterocycles. The van der Waals surface area contributed by atoms with Crippen molar-refractivity contribution >= 4 is 11.6 Å². The van der Waals surface area contributed by atoms with Gasteiger partial charge in [-0.1, -0.05) is 49.6 Å². The number of hydrogen-bond acceptors (Lipinski definition) is 3. The molecule has 134 valence electrons. The van der Waals surface area contributed by atoms with Crippen LogP contribution < -0.4 is 10.6 Å². The van der Waals surface area contributed by atoms with Crippen LogP contribution in [-0.4, -0.2) is 43.7 Å². The largest absolute Gasteiger partial charge is 0.310 e. The van der Waals surface area contributed by atoms with E-state index in [9.17, 15) is 0 Å². The lowest BCUT2D eigenvalue weighted by Gasteiger charge is -2.46. The fraction of sp³-hybridized carbons (Fsp3) is 0.700. The third-order valence-electron chi connectivity index (χ3n) is 6.21. The first-order chi connectivity index (χ1) is 11.7. The molecule has 1 heterocycles. The van der Waals surface area contributed by atoms with Crippen molar-refractivity contribution < 1.29 is 0 Å². The highest BCUT2D eigenvalue weighted by molar-refractivity contribution is 6.31. The Hall–Kier alpha value is -0.610. The second-order valence-corrected chi connectivity index (χ2v) is 7.74. The van der Waals surface area contributed by atoms with Gasteiger partial charge in [0.1, 0.15) is 0 Å². The molecule has 1 aliphatic heterocycles. The molecule has 1 aliphatic carbocycles. The topological polar surface area (TPSA) is 27.3 Å². The van der Waals surface area contributed by atoms with E-state index in [2.05, 4.69) is 41.6 Å². The molecule has 1 unspecified atom stereocenters. The molecule has 0 radical (unpaired) electrons. The van der Waals surface area contributed by atoms with Gasteiger partial charge in [0, 0.05) is 23.7 Å². The van der Waals surface area contributed by atoms with Crippen molar-refractivity contribution in [2.45, 2.75) is 63.1 Å². The second kappa shape index (κ2) is 8.18. The summed E-state index contributed by atoms with van der Waals surface area (Å²) < 4.78 is 0. The summed E-state index contributed by atoms with van der Waals surface area (Å²) in [5.74, 6) is 0. The van der Waals surface area contributed by atoms with E-state index in [1.165, 1.54) is 50.8 Å². The van der Waals surface area contributed by atoms with Gasteiger partial charge in [0.25, 0.3) is 0 Å². The molecule has 1 saturated carbocycles. The predicted molar refractivity (Wildman–Crippen MR) is 103 cm³/mol. The minimum atomic E-state index is -0.0494. The third kappa shape index (κ3) is 3.50. The molecule has 0 spiro atoms. The molecule has 2 aliphatic rings. The third-order valence-corrected chi connectivity index (χ3v) is 6.54. The quantitative estimate of drug-likeness (QED) is 0.818. The summed E-state index contributed by atoms with van der Waals surface area (Å²) in [6.45, 7) is 5.79. The van der Waals surface area contributed by atoms with Crippen LogP contribution in [-0.2, 0) is 5.54 Å². The molecule has 2 fully saturated rings. The van der Waals surface area contributed by atoms with Gasteiger partial charge in [-0.3, -0.25) is 4.90 Å². The molecule has 0 bridgehead atoms. The number of likely N-dealkylation sites (N-methyl/N-ethyl adjacent to an activating group) is 2. The standard InChI is InChI=1S/C20H32ClN3/c1-3-24-14-8-9-16(24)15-23-19-12-6-7-13-20(19,22-2)17-10-4-5-11-18(17)21/h4-5,10-11,16,19,22-23H,3,6-9,12-15H2,1-2H3/t16?,19-,20-/m1/s1. The zero-order chi connectivity index (χ0) is 17.0. The van der Waals surface area contributed by atoms with Gasteiger partial charge in [0.2, 0.25) is 0 Å². The van der Waals surface area contributed by atoms with Gasteiger partial charge in [-0.05, 0) is 57.5 Å². The van der Waals surface area contributed by atoms with E-state index in [-0.39, 0.29) is 5.54 Å². The van der Waals surface area contributed by atoms with Gasteiger partial charge < -0.3 is 10.6 Å². The van der Waals surface area contributed by atoms with Crippen molar-refractivity contribution in [2.24, 2.45) is 0 Å². The molecule has 3 rings (SSSR count). The minimum absolute atomic E-state index is 0.0494. The van der Waals surface area contributed by atoms with Crippen LogP contribution in [0.15, 0.2) is 24.3 Å². The van der Waals surface area contributed by atoms with Crippen molar-refractivity contribution in [1.29, 1.82) is 0 Å². The fourth-order valence-corrected chi connectivity index (χ4v) is 5.15. The SMILES string of the molecule is CCN1CCCC1CN[C@@H]1CCCC[C@@]1(NC)c1ccccc1Cl. The van der Waals surface area contributed by atoms with Crippen molar-refractivity contribution in [2.75, 3.05) is 26.7 Å². The zero-order valence-electron chi connectivity index (χ0n) is 15.2. The summed E-state index contributed by atoms with van der Waals surface area (Å²) in [4.78, 5) is 2.62. The van der Waals surface area contributed by atoms with Crippen LogP contribution in [0.3, 0.4) is 0 Å². The lowest BCUT2D eigenvalue weighted by molar-refractivity contribution is 0.163. The van der Waals surface area contributed by atoms with Crippen LogP contribution in [0.25, 0.3) is 0 Å². The monoisotopic (exact) mass is 349 g/mol. The normalized spacial score (nSPS) is 31.5. The average molecular weight is 350 g/mol. The summed E-state index contributed by atoms with van der Waals surface area (Å²) in [5, 5.41) is 8.48. The van der Waals surface area contributed by atoms with Gasteiger partial charge in [0.05, 0.1) is 5.54 Å². The number of benzene rings is 1. The van der Waals surface area contributed by atoms with Gasteiger partial charge in [-0.2, -0.15) is 0 Å². The Bertz CT molecular complexity index is 535. The first kappa shape index (κ1) is 18.2. The fourth-order valence-electron chi connectivity index (χ4n) is 4.85. The summed E-state index contributed by atoms with van der Waals surface area (Å²) in [7, 11) is 2.09. The second-order valence-electron chi connectivity index (χ2n) is 7.33. The Morgan fingerprint density at radius 3 is 2.79 bits per heavy atom. The maximum absolute atomic E-state index is 6.59. The van der Waals surface area contributed by atoms with Crippen molar-refractivity contribution in [1.82, 2.24) is 15.5 Å². The molecule has 4 heteroatoms. The molecule has 3 nitrogen and oxygen atoms in total. The average Bonchev–Trinajstić information content (AvgIpc) is 3.08. The highest BCUT2D eigenvalue weighted by Gasteiger charge is 2.42. The van der Waals surface area contributed by atoms with Crippen molar-refractivity contribution in [3.8, 4) is 0 Å². The smallest absolute Gasteiger partial charge is 0.0602 e. The van der Waals surface area contributed by atoms with Crippen LogP contribution in [0.5, 0.6) is 0 Å².